The van der Waals surface area contributed by atoms with Gasteiger partial charge in [0.15, 0.2) is 0 Å². The van der Waals surface area contributed by atoms with Crippen molar-refractivity contribution >= 4 is 34.4 Å². The number of carbonyl (C=O) groups is 1. The normalized spacial score (nSPS) is 11.0. The molecular weight excluding hydrogens is 342 g/mol. The van der Waals surface area contributed by atoms with Gasteiger partial charge in [-0.05, 0) is 32.4 Å². The van der Waals surface area contributed by atoms with E-state index in [-0.39, 0.29) is 6.03 Å². The van der Waals surface area contributed by atoms with Crippen LogP contribution >= 0.6 is 11.6 Å². The third-order valence-corrected chi connectivity index (χ3v) is 4.43. The van der Waals surface area contributed by atoms with E-state index in [2.05, 4.69) is 25.9 Å². The van der Waals surface area contributed by atoms with Crippen molar-refractivity contribution in [2.24, 2.45) is 7.05 Å². The lowest BCUT2D eigenvalue weighted by molar-refractivity contribution is 0.251. The quantitative estimate of drug-likeness (QED) is 0.683. The van der Waals surface area contributed by atoms with Crippen molar-refractivity contribution in [1.82, 2.24) is 30.1 Å². The Morgan fingerprint density at radius 3 is 2.76 bits per heavy atom. The topological polar surface area (TPSA) is 89.7 Å². The Labute approximate surface area is 150 Å². The number of urea groups is 1. The molecule has 0 saturated carbocycles. The summed E-state index contributed by atoms with van der Waals surface area (Å²) in [5.41, 5.74) is 3.80. The third kappa shape index (κ3) is 3.74. The van der Waals surface area contributed by atoms with Crippen LogP contribution in [0, 0.1) is 13.8 Å². The highest BCUT2D eigenvalue weighted by Crippen LogP contribution is 2.20. The molecule has 8 nitrogen and oxygen atoms in total. The first kappa shape index (κ1) is 17.2. The number of hydrogen-bond acceptors (Lipinski definition) is 4. The molecule has 0 aliphatic rings. The molecule has 9 heteroatoms. The second kappa shape index (κ2) is 7.10. The Kier molecular flexibility index (Phi) is 4.89. The van der Waals surface area contributed by atoms with E-state index in [9.17, 15) is 4.79 Å². The minimum atomic E-state index is -0.274. The summed E-state index contributed by atoms with van der Waals surface area (Å²) in [6, 6.07) is 5.21. The van der Waals surface area contributed by atoms with Crippen LogP contribution in [0.2, 0.25) is 5.02 Å². The van der Waals surface area contributed by atoms with E-state index in [4.69, 9.17) is 11.6 Å². The fourth-order valence-electron chi connectivity index (χ4n) is 2.63. The van der Waals surface area contributed by atoms with Gasteiger partial charge in [-0.15, -0.1) is 0 Å². The lowest BCUT2D eigenvalue weighted by Crippen LogP contribution is -2.30. The van der Waals surface area contributed by atoms with Crippen molar-refractivity contribution in [3.63, 3.8) is 0 Å². The van der Waals surface area contributed by atoms with E-state index in [1.54, 1.807) is 13.1 Å². The van der Waals surface area contributed by atoms with Gasteiger partial charge in [-0.2, -0.15) is 20.1 Å². The van der Waals surface area contributed by atoms with E-state index in [1.807, 2.05) is 30.7 Å². The van der Waals surface area contributed by atoms with Crippen molar-refractivity contribution < 1.29 is 4.79 Å². The minimum absolute atomic E-state index is 0.274. The number of fused-ring (bicyclic) bond motifs is 1. The predicted molar refractivity (Wildman–Crippen MR) is 96.9 cm³/mol. The molecular formula is C16H20ClN7O. The highest BCUT2D eigenvalue weighted by Gasteiger charge is 2.10. The number of aromatic nitrogens is 5. The molecule has 0 spiro atoms. The number of anilines is 1. The smallest absolute Gasteiger partial charge is 0.319 e. The summed E-state index contributed by atoms with van der Waals surface area (Å²) in [5.74, 6) is 0. The average Bonchev–Trinajstić information content (AvgIpc) is 3.07. The summed E-state index contributed by atoms with van der Waals surface area (Å²) >= 11 is 6.13. The van der Waals surface area contributed by atoms with Crippen molar-refractivity contribution in [1.29, 1.82) is 0 Å². The number of hydrogen-bond donors (Lipinski definition) is 2. The zero-order chi connectivity index (χ0) is 18.0. The van der Waals surface area contributed by atoms with Gasteiger partial charge in [0, 0.05) is 20.1 Å². The summed E-state index contributed by atoms with van der Waals surface area (Å²) in [6.07, 6.45) is 0.751. The van der Waals surface area contributed by atoms with Crippen molar-refractivity contribution in [3.8, 4) is 0 Å². The monoisotopic (exact) mass is 361 g/mol. The number of carbonyl (C=O) groups excluding carboxylic acids is 1. The van der Waals surface area contributed by atoms with Crippen LogP contribution in [0.5, 0.6) is 0 Å². The molecule has 3 rings (SSSR count). The first-order chi connectivity index (χ1) is 12.0. The van der Waals surface area contributed by atoms with E-state index >= 15 is 0 Å². The number of nitrogens with one attached hydrogen (secondary N) is 2. The van der Waals surface area contributed by atoms with Crippen LogP contribution in [0.4, 0.5) is 10.5 Å². The SMILES string of the molecule is Cc1nn(CCCNC(=O)Nc2cccc3nn(C)nc23)c(C)c1Cl. The van der Waals surface area contributed by atoms with Gasteiger partial charge >= 0.3 is 6.03 Å². The van der Waals surface area contributed by atoms with Crippen LogP contribution in [0.1, 0.15) is 17.8 Å². The molecule has 2 amide bonds. The molecule has 0 aliphatic carbocycles. The standard InChI is InChI=1S/C16H20ClN7O/c1-10-14(17)11(2)24(20-10)9-5-8-18-16(25)19-12-6-4-7-13-15(12)22-23(3)21-13/h4,6-7H,5,8-9H2,1-3H3,(H2,18,19,25). The Bertz CT molecular complexity index is 915. The molecule has 0 atom stereocenters. The van der Waals surface area contributed by atoms with Gasteiger partial charge in [0.05, 0.1) is 22.1 Å². The average molecular weight is 362 g/mol. The molecule has 25 heavy (non-hydrogen) atoms. The van der Waals surface area contributed by atoms with Crippen molar-refractivity contribution in [3.05, 3.63) is 34.6 Å². The van der Waals surface area contributed by atoms with Gasteiger partial charge < -0.3 is 10.6 Å². The molecule has 2 heterocycles. The summed E-state index contributed by atoms with van der Waals surface area (Å²) in [5, 5.41) is 19.2. The molecule has 1 aromatic carbocycles. The first-order valence-corrected chi connectivity index (χ1v) is 8.38. The molecule has 2 N–H and O–H groups in total. The molecule has 3 aromatic rings. The van der Waals surface area contributed by atoms with E-state index < -0.39 is 0 Å². The van der Waals surface area contributed by atoms with Crippen LogP contribution in [0.25, 0.3) is 11.0 Å². The Morgan fingerprint density at radius 1 is 1.24 bits per heavy atom. The lowest BCUT2D eigenvalue weighted by Gasteiger charge is -2.08. The molecule has 2 aromatic heterocycles. The summed E-state index contributed by atoms with van der Waals surface area (Å²) < 4.78 is 1.86. The van der Waals surface area contributed by atoms with Gasteiger partial charge in [-0.1, -0.05) is 17.7 Å². The second-order valence-corrected chi connectivity index (χ2v) is 6.18. The fourth-order valence-corrected chi connectivity index (χ4v) is 2.77. The van der Waals surface area contributed by atoms with Gasteiger partial charge in [-0.25, -0.2) is 4.79 Å². The summed E-state index contributed by atoms with van der Waals surface area (Å²) in [6.45, 7) is 5.03. The summed E-state index contributed by atoms with van der Waals surface area (Å²) in [7, 11) is 1.75. The maximum absolute atomic E-state index is 12.1. The largest absolute Gasteiger partial charge is 0.338 e. The molecule has 0 saturated heterocycles. The number of benzene rings is 1. The van der Waals surface area contributed by atoms with Gasteiger partial charge in [0.1, 0.15) is 11.0 Å². The number of halogens is 1. The van der Waals surface area contributed by atoms with E-state index in [1.165, 1.54) is 4.80 Å². The van der Waals surface area contributed by atoms with Crippen LogP contribution in [-0.4, -0.2) is 37.4 Å². The van der Waals surface area contributed by atoms with Crippen molar-refractivity contribution in [2.75, 3.05) is 11.9 Å². The number of rotatable bonds is 5. The Balaban J connectivity index is 1.52. The highest BCUT2D eigenvalue weighted by atomic mass is 35.5. The van der Waals surface area contributed by atoms with Gasteiger partial charge in [0.2, 0.25) is 0 Å². The molecule has 0 fully saturated rings. The van der Waals surface area contributed by atoms with Gasteiger partial charge in [-0.3, -0.25) is 4.68 Å². The number of amides is 2. The van der Waals surface area contributed by atoms with Crippen LogP contribution < -0.4 is 10.6 Å². The minimum Gasteiger partial charge on any atom is -0.338 e. The maximum atomic E-state index is 12.1. The molecule has 0 bridgehead atoms. The van der Waals surface area contributed by atoms with Gasteiger partial charge in [0.25, 0.3) is 0 Å². The second-order valence-electron chi connectivity index (χ2n) is 5.81. The van der Waals surface area contributed by atoms with E-state index in [0.29, 0.717) is 29.3 Å². The third-order valence-electron chi connectivity index (χ3n) is 3.89. The summed E-state index contributed by atoms with van der Waals surface area (Å²) in [4.78, 5) is 13.6. The Morgan fingerprint density at radius 2 is 2.04 bits per heavy atom. The van der Waals surface area contributed by atoms with Crippen LogP contribution in [0.15, 0.2) is 18.2 Å². The molecule has 132 valence electrons. The first-order valence-electron chi connectivity index (χ1n) is 8.00. The zero-order valence-corrected chi connectivity index (χ0v) is 15.1. The van der Waals surface area contributed by atoms with E-state index in [0.717, 1.165) is 23.3 Å². The number of nitrogens with zero attached hydrogens (tertiary/aromatic N) is 5. The molecule has 0 radical (unpaired) electrons. The Hall–Kier alpha value is -2.61. The predicted octanol–water partition coefficient (Wildman–Crippen LogP) is 2.65. The van der Waals surface area contributed by atoms with Crippen LogP contribution in [-0.2, 0) is 13.6 Å². The number of aryl methyl sites for hydroxylation is 3. The maximum Gasteiger partial charge on any atom is 0.319 e. The molecule has 0 unspecified atom stereocenters. The molecule has 0 aliphatic heterocycles. The lowest BCUT2D eigenvalue weighted by atomic mass is 10.2. The van der Waals surface area contributed by atoms with Crippen molar-refractivity contribution in [2.45, 2.75) is 26.8 Å². The zero-order valence-electron chi connectivity index (χ0n) is 14.4. The van der Waals surface area contributed by atoms with Crippen LogP contribution in [0.3, 0.4) is 0 Å². The highest BCUT2D eigenvalue weighted by molar-refractivity contribution is 6.31. The fraction of sp³-hybridized carbons (Fsp3) is 0.375.